The molecule has 0 atom stereocenters. The van der Waals surface area contributed by atoms with Crippen molar-refractivity contribution in [2.45, 2.75) is 32.8 Å². The van der Waals surface area contributed by atoms with Crippen molar-refractivity contribution in [3.63, 3.8) is 0 Å². The maximum atomic E-state index is 12.3. The van der Waals surface area contributed by atoms with Crippen molar-refractivity contribution >= 4 is 11.7 Å². The molecule has 1 heterocycles. The lowest BCUT2D eigenvalue weighted by molar-refractivity contribution is -0.132. The van der Waals surface area contributed by atoms with Gasteiger partial charge in [-0.2, -0.15) is 0 Å². The van der Waals surface area contributed by atoms with Crippen molar-refractivity contribution in [1.29, 1.82) is 0 Å². The smallest absolute Gasteiger partial charge is 0.234 e. The molecule has 0 unspecified atom stereocenters. The van der Waals surface area contributed by atoms with Gasteiger partial charge in [0.15, 0.2) is 5.84 Å². The van der Waals surface area contributed by atoms with Gasteiger partial charge in [-0.05, 0) is 26.7 Å². The number of rotatable bonds is 6. The summed E-state index contributed by atoms with van der Waals surface area (Å²) in [7, 11) is 0. The van der Waals surface area contributed by atoms with E-state index in [0.717, 1.165) is 0 Å². The fourth-order valence-corrected chi connectivity index (χ4v) is 2.04. The Hall–Kier alpha value is -1.34. The second-order valence-corrected chi connectivity index (χ2v) is 4.86. The van der Waals surface area contributed by atoms with Gasteiger partial charge in [0.2, 0.25) is 5.91 Å². The van der Waals surface area contributed by atoms with Crippen molar-refractivity contribution in [3.8, 4) is 0 Å². The van der Waals surface area contributed by atoms with Crippen LogP contribution in [0.15, 0.2) is 5.16 Å². The molecule has 0 spiro atoms. The number of nitrogens with two attached hydrogens (primary N) is 1. The van der Waals surface area contributed by atoms with Crippen molar-refractivity contribution in [2.75, 3.05) is 26.4 Å². The number of ether oxygens (including phenoxy) is 2. The lowest BCUT2D eigenvalue weighted by Gasteiger charge is -2.34. The van der Waals surface area contributed by atoms with Gasteiger partial charge in [0.25, 0.3) is 0 Å². The maximum Gasteiger partial charge on any atom is 0.234 e. The number of amides is 1. The molecule has 7 heteroatoms. The summed E-state index contributed by atoms with van der Waals surface area (Å²) < 4.78 is 10.6. The molecule has 0 aromatic heterocycles. The molecule has 1 amide bonds. The van der Waals surface area contributed by atoms with Gasteiger partial charge in [-0.1, -0.05) is 5.16 Å². The van der Waals surface area contributed by atoms with Crippen molar-refractivity contribution in [2.24, 2.45) is 16.3 Å². The first-order valence-electron chi connectivity index (χ1n) is 6.48. The molecule has 0 aromatic carbocycles. The van der Waals surface area contributed by atoms with Crippen LogP contribution < -0.4 is 11.1 Å². The lowest BCUT2D eigenvalue weighted by Crippen LogP contribution is -2.53. The topological polar surface area (TPSA) is 106 Å². The highest BCUT2D eigenvalue weighted by atomic mass is 16.5. The van der Waals surface area contributed by atoms with Crippen molar-refractivity contribution in [3.05, 3.63) is 0 Å². The summed E-state index contributed by atoms with van der Waals surface area (Å²) in [5, 5.41) is 14.6. The average molecular weight is 273 g/mol. The van der Waals surface area contributed by atoms with E-state index in [1.54, 1.807) is 0 Å². The van der Waals surface area contributed by atoms with Crippen molar-refractivity contribution < 1.29 is 19.5 Å². The second-order valence-electron chi connectivity index (χ2n) is 4.86. The predicted octanol–water partition coefficient (Wildman–Crippen LogP) is 0.0708. The molecule has 0 radical (unpaired) electrons. The zero-order valence-corrected chi connectivity index (χ0v) is 11.5. The van der Waals surface area contributed by atoms with Crippen LogP contribution in [0, 0.1) is 5.41 Å². The largest absolute Gasteiger partial charge is 0.409 e. The number of nitrogens with one attached hydrogen (secondary N) is 1. The molecular weight excluding hydrogens is 250 g/mol. The molecule has 1 rings (SSSR count). The van der Waals surface area contributed by atoms with Gasteiger partial charge < -0.3 is 25.7 Å². The standard InChI is InChI=1S/C12H23N3O4/c1-9(2)19-8-5-14-11(16)12(10(13)15-17)3-6-18-7-4-12/h9,17H,3-8H2,1-2H3,(H2,13,15)(H,14,16). The Morgan fingerprint density at radius 2 is 2.16 bits per heavy atom. The molecule has 0 aliphatic carbocycles. The summed E-state index contributed by atoms with van der Waals surface area (Å²) in [6.45, 7) is 5.54. The number of nitrogens with zero attached hydrogens (tertiary/aromatic N) is 1. The molecule has 0 bridgehead atoms. The highest BCUT2D eigenvalue weighted by molar-refractivity contribution is 6.06. The number of carbonyl (C=O) groups excluding carboxylic acids is 1. The molecule has 19 heavy (non-hydrogen) atoms. The fraction of sp³-hybridized carbons (Fsp3) is 0.833. The third-order valence-corrected chi connectivity index (χ3v) is 3.22. The Kier molecular flexibility index (Phi) is 6.04. The van der Waals surface area contributed by atoms with Gasteiger partial charge in [0, 0.05) is 19.8 Å². The van der Waals surface area contributed by atoms with Gasteiger partial charge in [-0.25, -0.2) is 0 Å². The highest BCUT2D eigenvalue weighted by Gasteiger charge is 2.44. The van der Waals surface area contributed by atoms with E-state index in [1.807, 2.05) is 13.8 Å². The average Bonchev–Trinajstić information content (AvgIpc) is 2.42. The first kappa shape index (κ1) is 15.7. The number of oxime groups is 1. The van der Waals surface area contributed by atoms with Crippen LogP contribution in [0.25, 0.3) is 0 Å². The van der Waals surface area contributed by atoms with Crippen LogP contribution in [0.5, 0.6) is 0 Å². The normalized spacial score (nSPS) is 19.4. The summed E-state index contributed by atoms with van der Waals surface area (Å²) in [4.78, 5) is 12.3. The predicted molar refractivity (Wildman–Crippen MR) is 70.0 cm³/mol. The van der Waals surface area contributed by atoms with Gasteiger partial charge in [-0.15, -0.1) is 0 Å². The van der Waals surface area contributed by atoms with Crippen LogP contribution >= 0.6 is 0 Å². The first-order valence-corrected chi connectivity index (χ1v) is 6.48. The molecule has 7 nitrogen and oxygen atoms in total. The zero-order valence-electron chi connectivity index (χ0n) is 11.5. The van der Waals surface area contributed by atoms with E-state index in [0.29, 0.717) is 39.2 Å². The number of amidine groups is 1. The van der Waals surface area contributed by atoms with E-state index < -0.39 is 5.41 Å². The van der Waals surface area contributed by atoms with E-state index >= 15 is 0 Å². The minimum absolute atomic E-state index is 0.0573. The van der Waals surface area contributed by atoms with Gasteiger partial charge in [0.1, 0.15) is 5.41 Å². The van der Waals surface area contributed by atoms with E-state index in [4.69, 9.17) is 20.4 Å². The van der Waals surface area contributed by atoms with Crippen LogP contribution in [0.2, 0.25) is 0 Å². The summed E-state index contributed by atoms with van der Waals surface area (Å²) >= 11 is 0. The Balaban J connectivity index is 2.58. The zero-order chi connectivity index (χ0) is 14.3. The van der Waals surface area contributed by atoms with Crippen LogP contribution in [-0.2, 0) is 14.3 Å². The maximum absolute atomic E-state index is 12.3. The lowest BCUT2D eigenvalue weighted by atomic mass is 9.78. The van der Waals surface area contributed by atoms with Crippen LogP contribution in [-0.4, -0.2) is 49.4 Å². The van der Waals surface area contributed by atoms with E-state index in [2.05, 4.69) is 10.5 Å². The monoisotopic (exact) mass is 273 g/mol. The van der Waals surface area contributed by atoms with Gasteiger partial charge in [0.05, 0.1) is 12.7 Å². The van der Waals surface area contributed by atoms with Crippen molar-refractivity contribution in [1.82, 2.24) is 5.32 Å². The minimum Gasteiger partial charge on any atom is -0.409 e. The fourth-order valence-electron chi connectivity index (χ4n) is 2.04. The molecule has 1 aliphatic heterocycles. The Bertz CT molecular complexity index is 325. The molecule has 1 aliphatic rings. The third-order valence-electron chi connectivity index (χ3n) is 3.22. The Morgan fingerprint density at radius 1 is 1.53 bits per heavy atom. The number of hydrogen-bond donors (Lipinski definition) is 3. The highest BCUT2D eigenvalue weighted by Crippen LogP contribution is 2.31. The SMILES string of the molecule is CC(C)OCCNC(=O)C1(C(N)=NO)CCOCC1. The van der Waals surface area contributed by atoms with E-state index in [9.17, 15) is 4.79 Å². The van der Waals surface area contributed by atoms with E-state index in [-0.39, 0.29) is 17.8 Å². The summed E-state index contributed by atoms with van der Waals surface area (Å²) in [6, 6.07) is 0. The van der Waals surface area contributed by atoms with E-state index in [1.165, 1.54) is 0 Å². The second kappa shape index (κ2) is 7.30. The minimum atomic E-state index is -0.967. The summed E-state index contributed by atoms with van der Waals surface area (Å²) in [5.74, 6) is -0.295. The molecule has 0 saturated carbocycles. The van der Waals surface area contributed by atoms with Crippen LogP contribution in [0.3, 0.4) is 0 Å². The Morgan fingerprint density at radius 3 is 2.68 bits per heavy atom. The summed E-state index contributed by atoms with van der Waals surface area (Å²) in [6.07, 6.45) is 0.956. The van der Waals surface area contributed by atoms with Gasteiger partial charge >= 0.3 is 0 Å². The molecular formula is C12H23N3O4. The molecule has 110 valence electrons. The third kappa shape index (κ3) is 4.07. The molecule has 1 fully saturated rings. The van der Waals surface area contributed by atoms with Crippen LogP contribution in [0.1, 0.15) is 26.7 Å². The number of carbonyl (C=O) groups is 1. The first-order chi connectivity index (χ1) is 9.03. The molecule has 1 saturated heterocycles. The summed E-state index contributed by atoms with van der Waals surface area (Å²) in [5.41, 5.74) is 4.72. The quantitative estimate of drug-likeness (QED) is 0.209. The number of hydrogen-bond acceptors (Lipinski definition) is 5. The molecule has 0 aromatic rings. The molecule has 4 N–H and O–H groups in total. The van der Waals surface area contributed by atoms with Gasteiger partial charge in [-0.3, -0.25) is 4.79 Å². The Labute approximate surface area is 113 Å². The van der Waals surface area contributed by atoms with Crippen LogP contribution in [0.4, 0.5) is 0 Å².